The van der Waals surface area contributed by atoms with E-state index in [0.717, 1.165) is 12.8 Å². The van der Waals surface area contributed by atoms with Gasteiger partial charge < -0.3 is 5.43 Å². The van der Waals surface area contributed by atoms with Crippen molar-refractivity contribution in [3.63, 3.8) is 0 Å². The molecule has 0 amide bonds. The average Bonchev–Trinajstić information content (AvgIpc) is 2.46. The van der Waals surface area contributed by atoms with Crippen LogP contribution in [0.1, 0.15) is 32.1 Å². The number of aromatic nitrogens is 1. The molecule has 1 heterocycles. The van der Waals surface area contributed by atoms with E-state index in [2.05, 4.69) is 15.1 Å². The number of rotatable bonds is 5. The second kappa shape index (κ2) is 6.31. The molecule has 19 heavy (non-hydrogen) atoms. The molecule has 1 aromatic rings. The van der Waals surface area contributed by atoms with E-state index in [1.807, 2.05) is 0 Å². The highest BCUT2D eigenvalue weighted by atomic mass is 32.2. The Kier molecular flexibility index (Phi) is 4.73. The summed E-state index contributed by atoms with van der Waals surface area (Å²) in [6.07, 6.45) is 7.29. The molecule has 0 unspecified atom stereocenters. The summed E-state index contributed by atoms with van der Waals surface area (Å²) in [5, 5.41) is 0. The molecule has 2 rings (SSSR count). The highest BCUT2D eigenvalue weighted by molar-refractivity contribution is 7.89. The largest absolute Gasteiger partial charge is 0.308 e. The highest BCUT2D eigenvalue weighted by Crippen LogP contribution is 2.23. The summed E-state index contributed by atoms with van der Waals surface area (Å²) in [6.45, 7) is 0.510. The van der Waals surface area contributed by atoms with Crippen molar-refractivity contribution in [1.29, 1.82) is 0 Å². The molecular weight excluding hydrogens is 264 g/mol. The number of nitrogens with two attached hydrogens (primary N) is 1. The van der Waals surface area contributed by atoms with Crippen molar-refractivity contribution in [3.8, 4) is 0 Å². The fraction of sp³-hybridized carbons (Fsp3) is 0.583. The van der Waals surface area contributed by atoms with Gasteiger partial charge in [-0.1, -0.05) is 19.3 Å². The lowest BCUT2D eigenvalue weighted by atomic mass is 9.90. The molecule has 1 aromatic heterocycles. The maximum atomic E-state index is 12.1. The topological polar surface area (TPSA) is 97.1 Å². The zero-order valence-electron chi connectivity index (χ0n) is 10.8. The molecule has 1 aliphatic rings. The zero-order valence-corrected chi connectivity index (χ0v) is 11.6. The monoisotopic (exact) mass is 284 g/mol. The molecule has 0 aliphatic heterocycles. The molecule has 106 valence electrons. The highest BCUT2D eigenvalue weighted by Gasteiger charge is 2.19. The normalized spacial score (nSPS) is 17.3. The number of hydrogen-bond donors (Lipinski definition) is 3. The Labute approximate surface area is 113 Å². The minimum absolute atomic E-state index is 0.186. The average molecular weight is 284 g/mol. The number of nitrogens with one attached hydrogen (secondary N) is 2. The van der Waals surface area contributed by atoms with Gasteiger partial charge in [-0.2, -0.15) is 0 Å². The smallest absolute Gasteiger partial charge is 0.240 e. The van der Waals surface area contributed by atoms with E-state index in [-0.39, 0.29) is 4.90 Å². The van der Waals surface area contributed by atoms with E-state index in [0.29, 0.717) is 18.3 Å². The number of anilines is 1. The Bertz CT molecular complexity index is 512. The third-order valence-electron chi connectivity index (χ3n) is 3.48. The number of pyridine rings is 1. The van der Waals surface area contributed by atoms with Crippen molar-refractivity contribution >= 4 is 15.8 Å². The quantitative estimate of drug-likeness (QED) is 0.558. The van der Waals surface area contributed by atoms with Crippen LogP contribution in [0.25, 0.3) is 0 Å². The second-order valence-corrected chi connectivity index (χ2v) is 6.64. The van der Waals surface area contributed by atoms with Crippen LogP contribution in [-0.4, -0.2) is 19.9 Å². The number of nitrogen functional groups attached to an aromatic ring is 1. The number of hydrazine groups is 1. The Hall–Kier alpha value is -1.18. The minimum atomic E-state index is -3.48. The van der Waals surface area contributed by atoms with E-state index in [1.165, 1.54) is 37.6 Å². The van der Waals surface area contributed by atoms with E-state index in [9.17, 15) is 8.42 Å². The molecule has 0 atom stereocenters. The molecule has 0 radical (unpaired) electrons. The fourth-order valence-electron chi connectivity index (χ4n) is 2.36. The van der Waals surface area contributed by atoms with Crippen molar-refractivity contribution in [1.82, 2.24) is 9.71 Å². The predicted molar refractivity (Wildman–Crippen MR) is 73.8 cm³/mol. The lowest BCUT2D eigenvalue weighted by Crippen LogP contribution is -2.30. The SMILES string of the molecule is NNc1cc(S(=O)(=O)NCC2CCCCC2)ccn1. The maximum absolute atomic E-state index is 12.1. The van der Waals surface area contributed by atoms with Crippen molar-refractivity contribution < 1.29 is 8.42 Å². The number of sulfonamides is 1. The van der Waals surface area contributed by atoms with Crippen LogP contribution < -0.4 is 16.0 Å². The van der Waals surface area contributed by atoms with Crippen LogP contribution in [-0.2, 0) is 10.0 Å². The van der Waals surface area contributed by atoms with E-state index in [1.54, 1.807) is 0 Å². The third-order valence-corrected chi connectivity index (χ3v) is 4.90. The van der Waals surface area contributed by atoms with Crippen LogP contribution in [0.3, 0.4) is 0 Å². The summed E-state index contributed by atoms with van der Waals surface area (Å²) in [4.78, 5) is 4.08. The molecule has 1 aliphatic carbocycles. The van der Waals surface area contributed by atoms with Crippen molar-refractivity contribution in [3.05, 3.63) is 18.3 Å². The summed E-state index contributed by atoms with van der Waals surface area (Å²) in [5.74, 6) is 6.01. The summed E-state index contributed by atoms with van der Waals surface area (Å²) in [7, 11) is -3.48. The Morgan fingerprint density at radius 2 is 2.05 bits per heavy atom. The molecule has 0 bridgehead atoms. The van der Waals surface area contributed by atoms with Gasteiger partial charge in [0, 0.05) is 18.8 Å². The summed E-state index contributed by atoms with van der Waals surface area (Å²) in [5.41, 5.74) is 2.34. The summed E-state index contributed by atoms with van der Waals surface area (Å²) in [6, 6.07) is 2.88. The molecule has 4 N–H and O–H groups in total. The van der Waals surface area contributed by atoms with Gasteiger partial charge >= 0.3 is 0 Å². The van der Waals surface area contributed by atoms with Gasteiger partial charge in [0.2, 0.25) is 10.0 Å². The molecular formula is C12H20N4O2S. The van der Waals surface area contributed by atoms with E-state index >= 15 is 0 Å². The van der Waals surface area contributed by atoms with Crippen LogP contribution in [0.2, 0.25) is 0 Å². The second-order valence-electron chi connectivity index (χ2n) is 4.88. The first-order valence-electron chi connectivity index (χ1n) is 6.54. The van der Waals surface area contributed by atoms with Crippen LogP contribution in [0.15, 0.2) is 23.2 Å². The minimum Gasteiger partial charge on any atom is -0.308 e. The molecule has 1 saturated carbocycles. The fourth-order valence-corrected chi connectivity index (χ4v) is 3.49. The molecule has 6 nitrogen and oxygen atoms in total. The molecule has 0 spiro atoms. The first kappa shape index (κ1) is 14.2. The van der Waals surface area contributed by atoms with Crippen molar-refractivity contribution in [2.75, 3.05) is 12.0 Å². The van der Waals surface area contributed by atoms with Crippen LogP contribution in [0.4, 0.5) is 5.82 Å². The first-order valence-corrected chi connectivity index (χ1v) is 8.02. The van der Waals surface area contributed by atoms with Gasteiger partial charge in [0.1, 0.15) is 5.82 Å². The van der Waals surface area contributed by atoms with Gasteiger partial charge in [0.25, 0.3) is 0 Å². The Balaban J connectivity index is 2.00. The van der Waals surface area contributed by atoms with E-state index in [4.69, 9.17) is 5.84 Å². The lowest BCUT2D eigenvalue weighted by Gasteiger charge is -2.21. The lowest BCUT2D eigenvalue weighted by molar-refractivity contribution is 0.357. The van der Waals surface area contributed by atoms with Gasteiger partial charge in [-0.05, 0) is 24.8 Å². The Morgan fingerprint density at radius 1 is 1.32 bits per heavy atom. The molecule has 0 aromatic carbocycles. The van der Waals surface area contributed by atoms with Gasteiger partial charge in [-0.25, -0.2) is 24.0 Å². The number of nitrogens with zero attached hydrogens (tertiary/aromatic N) is 1. The van der Waals surface area contributed by atoms with Crippen LogP contribution in [0, 0.1) is 5.92 Å². The van der Waals surface area contributed by atoms with E-state index < -0.39 is 10.0 Å². The standard InChI is InChI=1S/C12H20N4O2S/c13-16-12-8-11(6-7-14-12)19(17,18)15-9-10-4-2-1-3-5-10/h6-8,10,15H,1-5,9,13H2,(H,14,16). The summed E-state index contributed by atoms with van der Waals surface area (Å²) >= 11 is 0. The van der Waals surface area contributed by atoms with Gasteiger partial charge in [0.15, 0.2) is 0 Å². The van der Waals surface area contributed by atoms with Gasteiger partial charge in [-0.3, -0.25) is 0 Å². The van der Waals surface area contributed by atoms with Crippen molar-refractivity contribution in [2.45, 2.75) is 37.0 Å². The third kappa shape index (κ3) is 3.89. The molecule has 7 heteroatoms. The maximum Gasteiger partial charge on any atom is 0.240 e. The van der Waals surface area contributed by atoms with Crippen molar-refractivity contribution in [2.24, 2.45) is 11.8 Å². The summed E-state index contributed by atoms with van der Waals surface area (Å²) < 4.78 is 26.9. The Morgan fingerprint density at radius 3 is 2.74 bits per heavy atom. The zero-order chi connectivity index (χ0) is 13.7. The molecule has 0 saturated heterocycles. The van der Waals surface area contributed by atoms with Crippen LogP contribution >= 0.6 is 0 Å². The molecule has 1 fully saturated rings. The van der Waals surface area contributed by atoms with Gasteiger partial charge in [-0.15, -0.1) is 0 Å². The first-order chi connectivity index (χ1) is 9.12. The van der Waals surface area contributed by atoms with Gasteiger partial charge in [0.05, 0.1) is 4.90 Å². The van der Waals surface area contributed by atoms with Crippen LogP contribution in [0.5, 0.6) is 0 Å². The predicted octanol–water partition coefficient (Wildman–Crippen LogP) is 1.23. The number of hydrogen-bond acceptors (Lipinski definition) is 5.